The molecule has 2 aromatic rings. The predicted octanol–water partition coefficient (Wildman–Crippen LogP) is 2.69. The Hall–Kier alpha value is -2.80. The van der Waals surface area contributed by atoms with Crippen molar-refractivity contribution in [2.75, 3.05) is 0 Å². The van der Waals surface area contributed by atoms with Gasteiger partial charge in [0, 0.05) is 0 Å². The fourth-order valence-corrected chi connectivity index (χ4v) is 1.49. The van der Waals surface area contributed by atoms with Crippen LogP contribution in [-0.4, -0.2) is 6.02 Å². The number of ether oxygens (including phenoxy) is 1. The number of hydrogen-bond donors (Lipinski definition) is 1. The van der Waals surface area contributed by atoms with Crippen LogP contribution in [0.25, 0.3) is 0 Å². The van der Waals surface area contributed by atoms with Crippen LogP contribution < -0.4 is 10.1 Å². The normalized spacial score (nSPS) is 10.6. The van der Waals surface area contributed by atoms with E-state index in [9.17, 15) is 0 Å². The molecule has 0 unspecified atom stereocenters. The van der Waals surface area contributed by atoms with Gasteiger partial charge in [0.15, 0.2) is 6.19 Å². The van der Waals surface area contributed by atoms with E-state index in [4.69, 9.17) is 10.00 Å². The van der Waals surface area contributed by atoms with Crippen LogP contribution in [0.15, 0.2) is 65.7 Å². The standard InChI is InChI=1S/C15H13N3O/c16-12-18-15(19-14-9-5-2-6-10-14)17-11-13-7-3-1-4-8-13/h1-10H,11H2,(H,17,18). The molecule has 0 heterocycles. The summed E-state index contributed by atoms with van der Waals surface area (Å²) in [6.07, 6.45) is 1.82. The fraction of sp³-hybridized carbons (Fsp3) is 0.0667. The Morgan fingerprint density at radius 2 is 1.68 bits per heavy atom. The van der Waals surface area contributed by atoms with Crippen molar-refractivity contribution >= 4 is 6.02 Å². The van der Waals surface area contributed by atoms with E-state index in [1.54, 1.807) is 12.1 Å². The van der Waals surface area contributed by atoms with Gasteiger partial charge in [0.25, 0.3) is 0 Å². The third-order valence-electron chi connectivity index (χ3n) is 2.37. The summed E-state index contributed by atoms with van der Waals surface area (Å²) in [5, 5.41) is 11.1. The third-order valence-corrected chi connectivity index (χ3v) is 2.37. The lowest BCUT2D eigenvalue weighted by molar-refractivity contribution is 0.526. The van der Waals surface area contributed by atoms with E-state index in [1.807, 2.05) is 54.7 Å². The largest absolute Gasteiger partial charge is 0.425 e. The van der Waals surface area contributed by atoms with Crippen LogP contribution in [-0.2, 0) is 6.54 Å². The van der Waals surface area contributed by atoms with Crippen molar-refractivity contribution in [2.45, 2.75) is 6.54 Å². The molecule has 2 aromatic carbocycles. The number of benzene rings is 2. The predicted molar refractivity (Wildman–Crippen MR) is 73.4 cm³/mol. The average molecular weight is 251 g/mol. The number of nitrogens with one attached hydrogen (secondary N) is 1. The molecule has 0 aliphatic heterocycles. The number of nitriles is 1. The zero-order valence-electron chi connectivity index (χ0n) is 10.3. The maximum Gasteiger partial charge on any atom is 0.304 e. The molecular formula is C15H13N3O. The topological polar surface area (TPSA) is 57.4 Å². The first-order chi connectivity index (χ1) is 9.38. The van der Waals surface area contributed by atoms with Crippen LogP contribution in [0.3, 0.4) is 0 Å². The van der Waals surface area contributed by atoms with E-state index in [0.717, 1.165) is 5.56 Å². The van der Waals surface area contributed by atoms with Gasteiger partial charge in [0.1, 0.15) is 5.75 Å². The van der Waals surface area contributed by atoms with Crippen molar-refractivity contribution in [3.05, 3.63) is 66.2 Å². The van der Waals surface area contributed by atoms with Crippen LogP contribution in [0.4, 0.5) is 0 Å². The summed E-state index contributed by atoms with van der Waals surface area (Å²) in [5.74, 6) is 0.636. The molecule has 0 aliphatic carbocycles. The SMILES string of the molecule is N#CNC(=NCc1ccccc1)Oc1ccccc1. The van der Waals surface area contributed by atoms with E-state index in [2.05, 4.69) is 10.3 Å². The lowest BCUT2D eigenvalue weighted by Crippen LogP contribution is -2.24. The molecule has 0 fully saturated rings. The minimum Gasteiger partial charge on any atom is -0.425 e. The molecule has 0 amide bonds. The summed E-state index contributed by atoms with van der Waals surface area (Å²) in [7, 11) is 0. The van der Waals surface area contributed by atoms with E-state index < -0.39 is 0 Å². The molecule has 0 radical (unpaired) electrons. The van der Waals surface area contributed by atoms with E-state index in [0.29, 0.717) is 12.3 Å². The Labute approximate surface area is 112 Å². The fourth-order valence-electron chi connectivity index (χ4n) is 1.49. The molecule has 4 heteroatoms. The van der Waals surface area contributed by atoms with Gasteiger partial charge in [-0.2, -0.15) is 5.26 Å². The Bertz CT molecular complexity index is 573. The molecule has 19 heavy (non-hydrogen) atoms. The summed E-state index contributed by atoms with van der Waals surface area (Å²) in [4.78, 5) is 4.24. The maximum absolute atomic E-state index is 8.69. The van der Waals surface area contributed by atoms with Gasteiger partial charge in [-0.05, 0) is 17.7 Å². The van der Waals surface area contributed by atoms with Gasteiger partial charge in [-0.15, -0.1) is 0 Å². The lowest BCUT2D eigenvalue weighted by Gasteiger charge is -2.06. The highest BCUT2D eigenvalue weighted by Crippen LogP contribution is 2.09. The van der Waals surface area contributed by atoms with E-state index in [1.165, 1.54) is 0 Å². The highest BCUT2D eigenvalue weighted by Gasteiger charge is 2.01. The van der Waals surface area contributed by atoms with E-state index in [-0.39, 0.29) is 6.02 Å². The number of rotatable bonds is 3. The molecule has 2 rings (SSSR count). The second-order valence-corrected chi connectivity index (χ2v) is 3.76. The van der Waals surface area contributed by atoms with Crippen molar-refractivity contribution in [2.24, 2.45) is 4.99 Å². The van der Waals surface area contributed by atoms with Crippen molar-refractivity contribution in [3.63, 3.8) is 0 Å². The first kappa shape index (κ1) is 12.7. The van der Waals surface area contributed by atoms with Gasteiger partial charge < -0.3 is 4.74 Å². The molecule has 0 saturated heterocycles. The smallest absolute Gasteiger partial charge is 0.304 e. The highest BCUT2D eigenvalue weighted by molar-refractivity contribution is 5.77. The second-order valence-electron chi connectivity index (χ2n) is 3.76. The minimum atomic E-state index is 0.192. The molecule has 0 aromatic heterocycles. The van der Waals surface area contributed by atoms with Crippen LogP contribution in [0, 0.1) is 11.5 Å². The molecule has 1 N–H and O–H groups in total. The maximum atomic E-state index is 8.69. The lowest BCUT2D eigenvalue weighted by atomic mass is 10.2. The molecule has 4 nitrogen and oxygen atoms in total. The molecule has 0 bridgehead atoms. The molecule has 0 aliphatic rings. The Kier molecular flexibility index (Phi) is 4.54. The molecule has 0 atom stereocenters. The van der Waals surface area contributed by atoms with Gasteiger partial charge in [-0.1, -0.05) is 48.5 Å². The van der Waals surface area contributed by atoms with Crippen LogP contribution in [0.2, 0.25) is 0 Å². The summed E-state index contributed by atoms with van der Waals surface area (Å²) in [6, 6.07) is 19.2. The molecule has 0 spiro atoms. The van der Waals surface area contributed by atoms with Crippen molar-refractivity contribution in [1.29, 1.82) is 5.26 Å². The summed E-state index contributed by atoms with van der Waals surface area (Å²) < 4.78 is 5.49. The number of amidine groups is 1. The van der Waals surface area contributed by atoms with Crippen LogP contribution >= 0.6 is 0 Å². The third kappa shape index (κ3) is 4.17. The number of hydrogen-bond acceptors (Lipinski definition) is 3. The number of aliphatic imine (C=N–C) groups is 1. The number of para-hydroxylation sites is 1. The molecule has 94 valence electrons. The van der Waals surface area contributed by atoms with Gasteiger partial charge in [-0.25, -0.2) is 10.3 Å². The average Bonchev–Trinajstić information content (AvgIpc) is 2.47. The van der Waals surface area contributed by atoms with Gasteiger partial charge in [-0.3, -0.25) is 0 Å². The molecular weight excluding hydrogens is 238 g/mol. The Balaban J connectivity index is 2.05. The highest BCUT2D eigenvalue weighted by atomic mass is 16.5. The second kappa shape index (κ2) is 6.82. The van der Waals surface area contributed by atoms with Crippen molar-refractivity contribution < 1.29 is 4.74 Å². The van der Waals surface area contributed by atoms with Crippen LogP contribution in [0.1, 0.15) is 5.56 Å². The first-order valence-electron chi connectivity index (χ1n) is 5.85. The summed E-state index contributed by atoms with van der Waals surface area (Å²) >= 11 is 0. The van der Waals surface area contributed by atoms with Gasteiger partial charge in [0.2, 0.25) is 0 Å². The van der Waals surface area contributed by atoms with Gasteiger partial charge in [0.05, 0.1) is 6.54 Å². The van der Waals surface area contributed by atoms with Crippen molar-refractivity contribution in [1.82, 2.24) is 5.32 Å². The summed E-state index contributed by atoms with van der Waals surface area (Å²) in [6.45, 7) is 0.456. The van der Waals surface area contributed by atoms with E-state index >= 15 is 0 Å². The molecule has 0 saturated carbocycles. The van der Waals surface area contributed by atoms with Gasteiger partial charge >= 0.3 is 6.02 Å². The van der Waals surface area contributed by atoms with Crippen molar-refractivity contribution in [3.8, 4) is 11.9 Å². The monoisotopic (exact) mass is 251 g/mol. The Morgan fingerprint density at radius 3 is 2.32 bits per heavy atom. The summed E-state index contributed by atoms with van der Waals surface area (Å²) in [5.41, 5.74) is 1.05. The zero-order chi connectivity index (χ0) is 13.3. The quantitative estimate of drug-likeness (QED) is 0.395. The minimum absolute atomic E-state index is 0.192. The number of nitrogens with zero attached hydrogens (tertiary/aromatic N) is 2. The first-order valence-corrected chi connectivity index (χ1v) is 5.85. The zero-order valence-corrected chi connectivity index (χ0v) is 10.3. The Morgan fingerprint density at radius 1 is 1.05 bits per heavy atom. The van der Waals surface area contributed by atoms with Crippen LogP contribution in [0.5, 0.6) is 5.75 Å².